The Balaban J connectivity index is 2.27. The summed E-state index contributed by atoms with van der Waals surface area (Å²) in [5.41, 5.74) is 0.638. The first-order chi connectivity index (χ1) is 9.02. The summed E-state index contributed by atoms with van der Waals surface area (Å²) in [4.78, 5) is 24.5. The van der Waals surface area contributed by atoms with Crippen LogP contribution in [0.25, 0.3) is 0 Å². The van der Waals surface area contributed by atoms with Crippen LogP contribution in [0.1, 0.15) is 24.8 Å². The Morgan fingerprint density at radius 1 is 1.42 bits per heavy atom. The number of carboxylic acids is 1. The number of aliphatic carboxylic acids is 1. The van der Waals surface area contributed by atoms with Gasteiger partial charge in [0.2, 0.25) is 5.91 Å². The summed E-state index contributed by atoms with van der Waals surface area (Å²) in [6.45, 7) is 2.28. The van der Waals surface area contributed by atoms with Gasteiger partial charge in [-0.25, -0.2) is 4.39 Å². The first-order valence-corrected chi connectivity index (χ1v) is 6.29. The van der Waals surface area contributed by atoms with E-state index in [0.29, 0.717) is 18.5 Å². The van der Waals surface area contributed by atoms with Crippen molar-refractivity contribution < 1.29 is 19.1 Å². The number of carboxylic acid groups (broad SMARTS) is 1. The molecule has 1 fully saturated rings. The average molecular weight is 265 g/mol. The van der Waals surface area contributed by atoms with Gasteiger partial charge in [0.25, 0.3) is 0 Å². The number of halogens is 1. The molecule has 1 saturated heterocycles. The first-order valence-electron chi connectivity index (χ1n) is 6.29. The summed E-state index contributed by atoms with van der Waals surface area (Å²) in [7, 11) is 0. The van der Waals surface area contributed by atoms with Crippen molar-refractivity contribution in [1.82, 2.24) is 4.90 Å². The lowest BCUT2D eigenvalue weighted by molar-refractivity contribution is -0.141. The Labute approximate surface area is 110 Å². The van der Waals surface area contributed by atoms with Crippen LogP contribution >= 0.6 is 0 Å². The fourth-order valence-corrected chi connectivity index (χ4v) is 2.56. The third-order valence-corrected chi connectivity index (χ3v) is 3.57. The summed E-state index contributed by atoms with van der Waals surface area (Å²) in [6.07, 6.45) is 0.349. The number of benzene rings is 1. The molecule has 0 bridgehead atoms. The molecular weight excluding hydrogens is 249 g/mol. The molecule has 1 amide bonds. The highest BCUT2D eigenvalue weighted by molar-refractivity contribution is 5.79. The lowest BCUT2D eigenvalue weighted by Gasteiger charge is -2.15. The molecule has 1 aliphatic rings. The van der Waals surface area contributed by atoms with Crippen molar-refractivity contribution >= 4 is 11.9 Å². The Morgan fingerprint density at radius 2 is 2.16 bits per heavy atom. The third-order valence-electron chi connectivity index (χ3n) is 3.57. The van der Waals surface area contributed by atoms with Gasteiger partial charge in [0.1, 0.15) is 5.82 Å². The molecule has 5 heteroatoms. The molecule has 1 heterocycles. The Morgan fingerprint density at radius 3 is 2.74 bits per heavy atom. The van der Waals surface area contributed by atoms with Crippen molar-refractivity contribution in [2.45, 2.75) is 19.3 Å². The molecule has 19 heavy (non-hydrogen) atoms. The number of rotatable bonds is 3. The molecule has 0 aliphatic carbocycles. The van der Waals surface area contributed by atoms with Gasteiger partial charge >= 0.3 is 5.97 Å². The molecule has 2 atom stereocenters. The average Bonchev–Trinajstić information content (AvgIpc) is 2.83. The number of carbonyl (C=O) groups is 2. The fraction of sp³-hybridized carbons (Fsp3) is 0.429. The topological polar surface area (TPSA) is 57.6 Å². The summed E-state index contributed by atoms with van der Waals surface area (Å²) in [6, 6.07) is 5.95. The molecule has 0 unspecified atom stereocenters. The normalized spacial score (nSPS) is 22.5. The highest BCUT2D eigenvalue weighted by atomic mass is 19.1. The van der Waals surface area contributed by atoms with E-state index in [-0.39, 0.29) is 24.2 Å². The van der Waals surface area contributed by atoms with E-state index in [9.17, 15) is 19.1 Å². The molecule has 0 aromatic heterocycles. The van der Waals surface area contributed by atoms with Crippen LogP contribution in [-0.4, -0.2) is 35.0 Å². The molecule has 2 rings (SSSR count). The number of hydrogen-bond acceptors (Lipinski definition) is 2. The number of amides is 1. The summed E-state index contributed by atoms with van der Waals surface area (Å²) in [5.74, 6) is -2.41. The molecule has 0 spiro atoms. The molecule has 1 aromatic rings. The number of carbonyl (C=O) groups excluding carboxylic acids is 1. The van der Waals surface area contributed by atoms with Gasteiger partial charge in [-0.1, -0.05) is 19.1 Å². The lowest BCUT2D eigenvalue weighted by Crippen LogP contribution is -2.29. The maximum Gasteiger partial charge on any atom is 0.308 e. The van der Waals surface area contributed by atoms with E-state index in [1.807, 2.05) is 0 Å². The van der Waals surface area contributed by atoms with E-state index >= 15 is 0 Å². The maximum atomic E-state index is 13.2. The Bertz CT molecular complexity index is 503. The van der Waals surface area contributed by atoms with Gasteiger partial charge in [-0.3, -0.25) is 9.59 Å². The van der Waals surface area contributed by atoms with E-state index in [4.69, 9.17) is 0 Å². The number of likely N-dealkylation sites (tertiary alicyclic amines) is 1. The number of nitrogens with zero attached hydrogens (tertiary/aromatic N) is 1. The predicted octanol–water partition coefficient (Wildman–Crippen LogP) is 1.86. The minimum absolute atomic E-state index is 0.0647. The van der Waals surface area contributed by atoms with Crippen molar-refractivity contribution in [2.75, 3.05) is 13.1 Å². The molecule has 0 radical (unpaired) electrons. The quantitative estimate of drug-likeness (QED) is 0.907. The zero-order chi connectivity index (χ0) is 14.0. The van der Waals surface area contributed by atoms with Gasteiger partial charge < -0.3 is 10.0 Å². The van der Waals surface area contributed by atoms with E-state index in [1.54, 1.807) is 24.0 Å². The van der Waals surface area contributed by atoms with Crippen molar-refractivity contribution in [3.05, 3.63) is 35.6 Å². The zero-order valence-electron chi connectivity index (χ0n) is 10.7. The van der Waals surface area contributed by atoms with E-state index in [0.717, 1.165) is 0 Å². The SMILES string of the molecule is CCC(=O)N1C[C@H](C(=O)O)[C@@H](c2cccc(F)c2)C1. The minimum atomic E-state index is -0.944. The second kappa shape index (κ2) is 5.38. The maximum absolute atomic E-state index is 13.2. The van der Waals surface area contributed by atoms with Crippen LogP contribution < -0.4 is 0 Å². The monoisotopic (exact) mass is 265 g/mol. The Kier molecular flexibility index (Phi) is 3.83. The van der Waals surface area contributed by atoms with Gasteiger partial charge in [-0.15, -0.1) is 0 Å². The van der Waals surface area contributed by atoms with Gasteiger partial charge in [0.15, 0.2) is 0 Å². The molecule has 4 nitrogen and oxygen atoms in total. The summed E-state index contributed by atoms with van der Waals surface area (Å²) >= 11 is 0. The van der Waals surface area contributed by atoms with Crippen LogP contribution in [0, 0.1) is 11.7 Å². The fourth-order valence-electron chi connectivity index (χ4n) is 2.56. The van der Waals surface area contributed by atoms with Gasteiger partial charge in [-0.2, -0.15) is 0 Å². The highest BCUT2D eigenvalue weighted by Gasteiger charge is 2.40. The second-order valence-electron chi connectivity index (χ2n) is 4.76. The molecule has 1 aromatic carbocycles. The molecule has 102 valence electrons. The van der Waals surface area contributed by atoms with Crippen LogP contribution in [0.5, 0.6) is 0 Å². The van der Waals surface area contributed by atoms with E-state index in [2.05, 4.69) is 0 Å². The standard InChI is InChI=1S/C14H16FNO3/c1-2-13(17)16-7-11(12(8-16)14(18)19)9-4-3-5-10(15)6-9/h3-6,11-12H,2,7-8H2,1H3,(H,18,19)/t11-,12+/m1/s1. The van der Waals surface area contributed by atoms with E-state index in [1.165, 1.54) is 12.1 Å². The van der Waals surface area contributed by atoms with Crippen LogP contribution in [-0.2, 0) is 9.59 Å². The van der Waals surface area contributed by atoms with Crippen molar-refractivity contribution in [2.24, 2.45) is 5.92 Å². The van der Waals surface area contributed by atoms with E-state index < -0.39 is 11.9 Å². The third kappa shape index (κ3) is 2.75. The highest BCUT2D eigenvalue weighted by Crippen LogP contribution is 2.33. The van der Waals surface area contributed by atoms with Crippen LogP contribution in [0.3, 0.4) is 0 Å². The second-order valence-corrected chi connectivity index (χ2v) is 4.76. The minimum Gasteiger partial charge on any atom is -0.481 e. The predicted molar refractivity (Wildman–Crippen MR) is 67.1 cm³/mol. The lowest BCUT2D eigenvalue weighted by atomic mass is 9.89. The van der Waals surface area contributed by atoms with Crippen LogP contribution in [0.4, 0.5) is 4.39 Å². The van der Waals surface area contributed by atoms with Crippen molar-refractivity contribution in [3.63, 3.8) is 0 Å². The molecule has 1 N–H and O–H groups in total. The van der Waals surface area contributed by atoms with Crippen LogP contribution in [0.2, 0.25) is 0 Å². The Hall–Kier alpha value is -1.91. The smallest absolute Gasteiger partial charge is 0.308 e. The van der Waals surface area contributed by atoms with Gasteiger partial charge in [0.05, 0.1) is 5.92 Å². The molecule has 1 aliphatic heterocycles. The first kappa shape index (κ1) is 13.5. The summed E-state index contributed by atoms with van der Waals surface area (Å²) in [5, 5.41) is 9.25. The van der Waals surface area contributed by atoms with Gasteiger partial charge in [-0.05, 0) is 17.7 Å². The zero-order valence-corrected chi connectivity index (χ0v) is 10.7. The van der Waals surface area contributed by atoms with Gasteiger partial charge in [0, 0.05) is 25.4 Å². The van der Waals surface area contributed by atoms with Crippen LogP contribution in [0.15, 0.2) is 24.3 Å². The van der Waals surface area contributed by atoms with Crippen molar-refractivity contribution in [1.29, 1.82) is 0 Å². The van der Waals surface area contributed by atoms with Crippen molar-refractivity contribution in [3.8, 4) is 0 Å². The summed E-state index contributed by atoms with van der Waals surface area (Å²) < 4.78 is 13.2. The largest absolute Gasteiger partial charge is 0.481 e. The number of hydrogen-bond donors (Lipinski definition) is 1. The molecule has 0 saturated carbocycles. The molecular formula is C14H16FNO3.